The van der Waals surface area contributed by atoms with Gasteiger partial charge in [-0.25, -0.2) is 12.7 Å². The Bertz CT molecular complexity index is 1200. The van der Waals surface area contributed by atoms with Crippen LogP contribution in [0.15, 0.2) is 89.8 Å². The van der Waals surface area contributed by atoms with Gasteiger partial charge in [0.15, 0.2) is 0 Å². The molecule has 0 aliphatic carbocycles. The molecule has 1 aliphatic heterocycles. The zero-order valence-electron chi connectivity index (χ0n) is 20.1. The normalized spacial score (nSPS) is 17.4. The second kappa shape index (κ2) is 11.2. The van der Waals surface area contributed by atoms with Crippen molar-refractivity contribution in [1.29, 1.82) is 0 Å². The molecule has 1 heterocycles. The Kier molecular flexibility index (Phi) is 8.30. The maximum Gasteiger partial charge on any atom is 0.242 e. The lowest BCUT2D eigenvalue weighted by atomic mass is 9.84. The highest BCUT2D eigenvalue weighted by molar-refractivity contribution is 7.89. The molecule has 1 atom stereocenters. The van der Waals surface area contributed by atoms with Crippen LogP contribution in [-0.2, 0) is 15.6 Å². The van der Waals surface area contributed by atoms with Crippen molar-refractivity contribution in [2.24, 2.45) is 0 Å². The molecule has 7 heteroatoms. The maximum atomic E-state index is 13.1. The van der Waals surface area contributed by atoms with Crippen molar-refractivity contribution in [1.82, 2.24) is 9.21 Å². The molecule has 186 valence electrons. The fourth-order valence-corrected chi connectivity index (χ4v) is 6.26. The highest BCUT2D eigenvalue weighted by Gasteiger charge is 2.34. The van der Waals surface area contributed by atoms with Gasteiger partial charge in [0.1, 0.15) is 0 Å². The lowest BCUT2D eigenvalue weighted by molar-refractivity contribution is -0.0263. The van der Waals surface area contributed by atoms with Crippen LogP contribution in [0.4, 0.5) is 0 Å². The molecule has 3 aromatic rings. The molecule has 0 aromatic heterocycles. The quantitative estimate of drug-likeness (QED) is 0.432. The molecule has 4 rings (SSSR count). The van der Waals surface area contributed by atoms with Crippen LogP contribution < -0.4 is 0 Å². The number of nitrogens with zero attached hydrogens (tertiary/aromatic N) is 2. The second-order valence-electron chi connectivity index (χ2n) is 9.38. The summed E-state index contributed by atoms with van der Waals surface area (Å²) in [5.74, 6) is -0.00730. The van der Waals surface area contributed by atoms with E-state index in [9.17, 15) is 13.5 Å². The van der Waals surface area contributed by atoms with Crippen LogP contribution in [-0.4, -0.2) is 56.0 Å². The van der Waals surface area contributed by atoms with Gasteiger partial charge in [-0.3, -0.25) is 0 Å². The van der Waals surface area contributed by atoms with Gasteiger partial charge in [-0.2, -0.15) is 0 Å². The van der Waals surface area contributed by atoms with Crippen molar-refractivity contribution in [3.8, 4) is 0 Å². The Morgan fingerprint density at radius 2 is 1.60 bits per heavy atom. The minimum absolute atomic E-state index is 0.00730. The first kappa shape index (κ1) is 25.9. The fraction of sp³-hybridized carbons (Fsp3) is 0.357. The molecule has 3 aromatic carbocycles. The zero-order valence-corrected chi connectivity index (χ0v) is 21.6. The Morgan fingerprint density at radius 1 is 0.971 bits per heavy atom. The SMILES string of the molecule is CN(C[C@@H](CCN1CCC(O)(c2ccccc2)CC1)c1cccc(Cl)c1)S(=O)(=O)c1ccccc1. The van der Waals surface area contributed by atoms with Crippen molar-refractivity contribution >= 4 is 21.6 Å². The topological polar surface area (TPSA) is 60.9 Å². The Hall–Kier alpha value is -2.22. The van der Waals surface area contributed by atoms with E-state index in [1.165, 1.54) is 4.31 Å². The standard InChI is InChI=1S/C28H33ClN2O3S/c1-30(35(33,34)27-13-6-3-7-14-27)22-24(23-9-8-12-26(29)21-23)15-18-31-19-16-28(32,17-20-31)25-10-4-2-5-11-25/h2-14,21,24,32H,15-20,22H2,1H3/t24-/m1/s1. The Balaban J connectivity index is 1.44. The Labute approximate surface area is 214 Å². The average molecular weight is 513 g/mol. The van der Waals surface area contributed by atoms with E-state index in [0.717, 1.165) is 37.2 Å². The molecule has 5 nitrogen and oxygen atoms in total. The fourth-order valence-electron chi connectivity index (χ4n) is 4.83. The zero-order chi connectivity index (χ0) is 24.9. The molecule has 1 saturated heterocycles. The van der Waals surface area contributed by atoms with E-state index in [2.05, 4.69) is 4.90 Å². The summed E-state index contributed by atoms with van der Waals surface area (Å²) >= 11 is 6.28. The van der Waals surface area contributed by atoms with Crippen LogP contribution in [0, 0.1) is 0 Å². The largest absolute Gasteiger partial charge is 0.385 e. The van der Waals surface area contributed by atoms with Gasteiger partial charge in [0, 0.05) is 31.7 Å². The van der Waals surface area contributed by atoms with Gasteiger partial charge in [-0.15, -0.1) is 0 Å². The van der Waals surface area contributed by atoms with E-state index in [1.54, 1.807) is 31.3 Å². The summed E-state index contributed by atoms with van der Waals surface area (Å²) in [7, 11) is -1.95. The van der Waals surface area contributed by atoms with E-state index < -0.39 is 15.6 Å². The molecule has 35 heavy (non-hydrogen) atoms. The van der Waals surface area contributed by atoms with Crippen molar-refractivity contribution < 1.29 is 13.5 Å². The van der Waals surface area contributed by atoms with Gasteiger partial charge in [-0.1, -0.05) is 72.3 Å². The lowest BCUT2D eigenvalue weighted by Crippen LogP contribution is -2.43. The average Bonchev–Trinajstić information content (AvgIpc) is 2.88. The van der Waals surface area contributed by atoms with Crippen molar-refractivity contribution in [2.45, 2.75) is 35.7 Å². The van der Waals surface area contributed by atoms with Crippen LogP contribution in [0.25, 0.3) is 0 Å². The molecule has 1 fully saturated rings. The summed E-state index contributed by atoms with van der Waals surface area (Å²) in [6, 6.07) is 26.1. The summed E-state index contributed by atoms with van der Waals surface area (Å²) in [5, 5.41) is 11.8. The third-order valence-electron chi connectivity index (χ3n) is 7.04. The molecular formula is C28H33ClN2O3S. The van der Waals surface area contributed by atoms with E-state index in [-0.39, 0.29) is 5.92 Å². The van der Waals surface area contributed by atoms with Crippen molar-refractivity contribution in [2.75, 3.05) is 33.2 Å². The molecule has 1 N–H and O–H groups in total. The first-order valence-corrected chi connectivity index (χ1v) is 13.9. The first-order valence-electron chi connectivity index (χ1n) is 12.0. The number of aliphatic hydroxyl groups is 1. The van der Waals surface area contributed by atoms with Gasteiger partial charge < -0.3 is 10.0 Å². The molecule has 0 radical (unpaired) electrons. The first-order chi connectivity index (χ1) is 16.8. The van der Waals surface area contributed by atoms with Gasteiger partial charge >= 0.3 is 0 Å². The van der Waals surface area contributed by atoms with Crippen LogP contribution in [0.1, 0.15) is 36.3 Å². The molecule has 0 spiro atoms. The number of hydrogen-bond acceptors (Lipinski definition) is 4. The van der Waals surface area contributed by atoms with Crippen molar-refractivity contribution in [3.63, 3.8) is 0 Å². The highest BCUT2D eigenvalue weighted by Crippen LogP contribution is 2.33. The van der Waals surface area contributed by atoms with Gasteiger partial charge in [-0.05, 0) is 67.1 Å². The maximum absolute atomic E-state index is 13.1. The molecule has 0 bridgehead atoms. The summed E-state index contributed by atoms with van der Waals surface area (Å²) in [5.41, 5.74) is 1.23. The lowest BCUT2D eigenvalue weighted by Gasteiger charge is -2.39. The smallest absolute Gasteiger partial charge is 0.242 e. The predicted octanol–water partition coefficient (Wildman–Crippen LogP) is 5.12. The summed E-state index contributed by atoms with van der Waals surface area (Å²) < 4.78 is 27.7. The number of likely N-dealkylation sites (tertiary alicyclic amines) is 1. The van der Waals surface area contributed by atoms with E-state index >= 15 is 0 Å². The Morgan fingerprint density at radius 3 is 2.23 bits per heavy atom. The minimum Gasteiger partial charge on any atom is -0.385 e. The number of hydrogen-bond donors (Lipinski definition) is 1. The molecular weight excluding hydrogens is 480 g/mol. The molecule has 1 aliphatic rings. The highest BCUT2D eigenvalue weighted by atomic mass is 35.5. The van der Waals surface area contributed by atoms with Gasteiger partial charge in [0.25, 0.3) is 0 Å². The van der Waals surface area contributed by atoms with E-state index in [0.29, 0.717) is 29.3 Å². The monoisotopic (exact) mass is 512 g/mol. The summed E-state index contributed by atoms with van der Waals surface area (Å²) in [6.07, 6.45) is 2.15. The number of benzene rings is 3. The van der Waals surface area contributed by atoms with Crippen LogP contribution >= 0.6 is 11.6 Å². The number of rotatable bonds is 9. The van der Waals surface area contributed by atoms with Crippen LogP contribution in [0.3, 0.4) is 0 Å². The number of piperidine rings is 1. The van der Waals surface area contributed by atoms with Gasteiger partial charge in [0.2, 0.25) is 10.0 Å². The third kappa shape index (κ3) is 6.32. The summed E-state index contributed by atoms with van der Waals surface area (Å²) in [4.78, 5) is 2.66. The van der Waals surface area contributed by atoms with Crippen molar-refractivity contribution in [3.05, 3.63) is 101 Å². The molecule has 0 unspecified atom stereocenters. The third-order valence-corrected chi connectivity index (χ3v) is 9.11. The minimum atomic E-state index is -3.59. The second-order valence-corrected chi connectivity index (χ2v) is 11.9. The number of sulfonamides is 1. The van der Waals surface area contributed by atoms with Crippen LogP contribution in [0.2, 0.25) is 5.02 Å². The number of halogens is 1. The van der Waals surface area contributed by atoms with Crippen LogP contribution in [0.5, 0.6) is 0 Å². The predicted molar refractivity (Wildman–Crippen MR) is 141 cm³/mol. The molecule has 0 amide bonds. The summed E-state index contributed by atoms with van der Waals surface area (Å²) in [6.45, 7) is 2.78. The van der Waals surface area contributed by atoms with Gasteiger partial charge in [0.05, 0.1) is 10.5 Å². The number of likely N-dealkylation sites (N-methyl/N-ethyl adjacent to an activating group) is 1. The van der Waals surface area contributed by atoms with E-state index in [1.807, 2.05) is 60.7 Å². The van der Waals surface area contributed by atoms with E-state index in [4.69, 9.17) is 11.6 Å². The molecule has 0 saturated carbocycles.